The van der Waals surface area contributed by atoms with E-state index in [4.69, 9.17) is 0 Å². The van der Waals surface area contributed by atoms with Crippen LogP contribution in [0.4, 0.5) is 17.3 Å². The summed E-state index contributed by atoms with van der Waals surface area (Å²) in [5.74, 6) is 0.326. The van der Waals surface area contributed by atoms with Gasteiger partial charge < -0.3 is 24.2 Å². The SMILES string of the molecule is CP1(=O)CCN(C(=O)c2ccc([N+](=O)[O-])cc2)CC1.Cc1ccc2cnc(Nc3ccc(C(=O)N4CCP(C)(=O)CC4)cc3)nn12. The summed E-state index contributed by atoms with van der Waals surface area (Å²) in [4.78, 5) is 42.6. The Labute approximate surface area is 266 Å². The summed E-state index contributed by atoms with van der Waals surface area (Å²) in [5.41, 5.74) is 3.82. The average Bonchev–Trinajstić information content (AvgIpc) is 3.41. The van der Waals surface area contributed by atoms with Crippen LogP contribution >= 0.6 is 14.3 Å². The number of rotatable bonds is 5. The van der Waals surface area contributed by atoms with E-state index in [1.165, 1.54) is 24.3 Å². The Balaban J connectivity index is 0.000000193. The van der Waals surface area contributed by atoms with Crippen molar-refractivity contribution in [2.45, 2.75) is 6.92 Å². The van der Waals surface area contributed by atoms with Crippen LogP contribution in [0.2, 0.25) is 0 Å². The lowest BCUT2D eigenvalue weighted by Gasteiger charge is -2.30. The number of aromatic nitrogens is 3. The second-order valence-corrected chi connectivity index (χ2v) is 18.9. The summed E-state index contributed by atoms with van der Waals surface area (Å²) in [5, 5.41) is 18.2. The Bertz CT molecular complexity index is 1840. The van der Waals surface area contributed by atoms with Crippen molar-refractivity contribution >= 4 is 48.9 Å². The monoisotopic (exact) mass is 665 g/mol. The number of nitrogens with one attached hydrogen (secondary N) is 1. The smallest absolute Gasteiger partial charge is 0.269 e. The molecule has 1 N–H and O–H groups in total. The summed E-state index contributed by atoms with van der Waals surface area (Å²) < 4.78 is 25.8. The fourth-order valence-corrected chi connectivity index (χ4v) is 8.29. The van der Waals surface area contributed by atoms with Crippen LogP contribution in [0.1, 0.15) is 26.4 Å². The zero-order valence-electron chi connectivity index (χ0n) is 26.0. The van der Waals surface area contributed by atoms with E-state index in [9.17, 15) is 28.8 Å². The Morgan fingerprint density at radius 2 is 1.26 bits per heavy atom. The fraction of sp³-hybridized carbons (Fsp3) is 0.355. The number of carbonyl (C=O) groups excluding carboxylic acids is 2. The molecular weight excluding hydrogens is 628 g/mol. The third-order valence-corrected chi connectivity index (χ3v) is 12.8. The van der Waals surface area contributed by atoms with Gasteiger partial charge in [-0.05, 0) is 68.8 Å². The highest BCUT2D eigenvalue weighted by molar-refractivity contribution is 7.63. The van der Waals surface area contributed by atoms with E-state index >= 15 is 0 Å². The molecule has 46 heavy (non-hydrogen) atoms. The third-order valence-electron chi connectivity index (χ3n) is 8.25. The number of fused-ring (bicyclic) bond motifs is 1. The van der Waals surface area contributed by atoms with Crippen molar-refractivity contribution in [2.24, 2.45) is 0 Å². The molecule has 2 aliphatic heterocycles. The molecule has 0 spiro atoms. The van der Waals surface area contributed by atoms with Crippen LogP contribution in [0.5, 0.6) is 0 Å². The summed E-state index contributed by atoms with van der Waals surface area (Å²) in [7, 11) is -4.10. The quantitative estimate of drug-likeness (QED) is 0.170. The molecule has 4 aromatic rings. The van der Waals surface area contributed by atoms with Gasteiger partial charge in [-0.25, -0.2) is 9.50 Å². The molecule has 0 aliphatic carbocycles. The van der Waals surface area contributed by atoms with Gasteiger partial charge in [-0.2, -0.15) is 0 Å². The van der Waals surface area contributed by atoms with Crippen molar-refractivity contribution in [3.8, 4) is 0 Å². The molecule has 0 unspecified atom stereocenters. The van der Waals surface area contributed by atoms with E-state index in [1.54, 1.807) is 34.8 Å². The van der Waals surface area contributed by atoms with E-state index in [0.29, 0.717) is 67.9 Å². The first-order chi connectivity index (χ1) is 21.8. The van der Waals surface area contributed by atoms with E-state index < -0.39 is 19.2 Å². The minimum Gasteiger partial charge on any atom is -0.338 e. The Morgan fingerprint density at radius 1 is 0.783 bits per heavy atom. The molecule has 4 heterocycles. The number of carbonyl (C=O) groups is 2. The molecule has 15 heteroatoms. The number of amides is 2. The zero-order valence-corrected chi connectivity index (χ0v) is 27.8. The maximum absolute atomic E-state index is 12.6. The number of non-ortho nitro benzene ring substituents is 1. The molecule has 0 saturated carbocycles. The van der Waals surface area contributed by atoms with Gasteiger partial charge in [0, 0.05) is 85.5 Å². The maximum atomic E-state index is 12.6. The predicted octanol–water partition coefficient (Wildman–Crippen LogP) is 5.27. The van der Waals surface area contributed by atoms with Crippen molar-refractivity contribution in [3.63, 3.8) is 0 Å². The van der Waals surface area contributed by atoms with Crippen molar-refractivity contribution < 1.29 is 23.6 Å². The molecule has 0 bridgehead atoms. The Morgan fingerprint density at radius 3 is 1.74 bits per heavy atom. The van der Waals surface area contributed by atoms with Crippen molar-refractivity contribution in [1.29, 1.82) is 0 Å². The van der Waals surface area contributed by atoms with Crippen LogP contribution in [0.25, 0.3) is 5.52 Å². The van der Waals surface area contributed by atoms with Crippen LogP contribution in [-0.2, 0) is 9.13 Å². The number of nitro groups is 1. The highest BCUT2D eigenvalue weighted by Gasteiger charge is 2.28. The number of aryl methyl sites for hydroxylation is 1. The van der Waals surface area contributed by atoms with Crippen molar-refractivity contribution in [1.82, 2.24) is 24.4 Å². The first-order valence-electron chi connectivity index (χ1n) is 14.9. The van der Waals surface area contributed by atoms with Crippen LogP contribution in [0.3, 0.4) is 0 Å². The van der Waals surface area contributed by atoms with Crippen LogP contribution in [-0.4, -0.2) is 105 Å². The molecule has 6 rings (SSSR count). The lowest BCUT2D eigenvalue weighted by atomic mass is 10.2. The van der Waals surface area contributed by atoms with Gasteiger partial charge in [0.05, 0.1) is 30.9 Å². The number of hydrogen-bond donors (Lipinski definition) is 1. The molecule has 13 nitrogen and oxygen atoms in total. The Kier molecular flexibility index (Phi) is 9.74. The Hall–Kier alpha value is -4.34. The van der Waals surface area contributed by atoms with E-state index in [2.05, 4.69) is 15.4 Å². The molecule has 242 valence electrons. The predicted molar refractivity (Wildman–Crippen MR) is 179 cm³/mol. The first-order valence-corrected chi connectivity index (χ1v) is 20.0. The molecule has 0 atom stereocenters. The van der Waals surface area contributed by atoms with Crippen LogP contribution < -0.4 is 5.32 Å². The second-order valence-electron chi connectivity index (χ2n) is 12.0. The second kappa shape index (κ2) is 13.6. The summed E-state index contributed by atoms with van der Waals surface area (Å²) in [6.45, 7) is 7.69. The molecule has 2 fully saturated rings. The number of hydrogen-bond acceptors (Lipinski definition) is 9. The number of anilines is 2. The molecule has 2 saturated heterocycles. The summed E-state index contributed by atoms with van der Waals surface area (Å²) in [6, 6.07) is 16.8. The number of benzene rings is 2. The summed E-state index contributed by atoms with van der Waals surface area (Å²) in [6.07, 6.45) is 4.08. The minimum atomic E-state index is -2.06. The normalized spacial score (nSPS) is 17.1. The van der Waals surface area contributed by atoms with Crippen LogP contribution in [0, 0.1) is 17.0 Å². The molecule has 2 aromatic carbocycles. The van der Waals surface area contributed by atoms with Gasteiger partial charge in [-0.3, -0.25) is 19.7 Å². The average molecular weight is 666 g/mol. The lowest BCUT2D eigenvalue weighted by Crippen LogP contribution is -2.39. The zero-order chi connectivity index (χ0) is 33.1. The third kappa shape index (κ3) is 8.08. The fourth-order valence-electron chi connectivity index (χ4n) is 5.19. The van der Waals surface area contributed by atoms with Crippen molar-refractivity contribution in [2.75, 3.05) is 69.5 Å². The maximum Gasteiger partial charge on any atom is 0.269 e. The number of nitro benzene ring substituents is 1. The minimum absolute atomic E-state index is 0.0121. The molecule has 2 amide bonds. The van der Waals surface area contributed by atoms with Gasteiger partial charge in [0.15, 0.2) is 0 Å². The number of nitrogens with zero attached hydrogens (tertiary/aromatic N) is 6. The lowest BCUT2D eigenvalue weighted by molar-refractivity contribution is -0.384. The standard InChI is InChI=1S/C19H22N5O2P.C12H15N2O4P/c1-14-3-8-17-13-20-19(22-24(14)17)21-16-6-4-15(5-7-16)18(25)23-9-11-27(2,26)12-10-23;1-19(18)8-6-13(7-9-19)12(15)10-2-4-11(5-3-10)14(16)17/h3-8,13H,9-12H2,1-2H3,(H,21,22);2-5H,6-9H2,1H3. The topological polar surface area (TPSA) is 160 Å². The molecular formula is C31H37N7O6P2. The largest absolute Gasteiger partial charge is 0.338 e. The molecule has 0 radical (unpaired) electrons. The van der Waals surface area contributed by atoms with Gasteiger partial charge in [-0.1, -0.05) is 0 Å². The first kappa shape index (κ1) is 33.0. The van der Waals surface area contributed by atoms with Gasteiger partial charge in [0.2, 0.25) is 5.95 Å². The molecule has 2 aliphatic rings. The van der Waals surface area contributed by atoms with E-state index in [1.807, 2.05) is 42.4 Å². The van der Waals surface area contributed by atoms with Gasteiger partial charge in [0.1, 0.15) is 0 Å². The summed E-state index contributed by atoms with van der Waals surface area (Å²) >= 11 is 0. The van der Waals surface area contributed by atoms with Crippen molar-refractivity contribution in [3.05, 3.63) is 93.8 Å². The highest BCUT2D eigenvalue weighted by atomic mass is 31.2. The van der Waals surface area contributed by atoms with E-state index in [0.717, 1.165) is 16.9 Å². The van der Waals surface area contributed by atoms with E-state index in [-0.39, 0.29) is 17.5 Å². The van der Waals surface area contributed by atoms with Gasteiger partial charge in [0.25, 0.3) is 17.5 Å². The van der Waals surface area contributed by atoms with Gasteiger partial charge in [-0.15, -0.1) is 5.10 Å². The van der Waals surface area contributed by atoms with Crippen LogP contribution in [0.15, 0.2) is 66.9 Å². The molecule has 2 aromatic heterocycles. The highest BCUT2D eigenvalue weighted by Crippen LogP contribution is 2.43. The van der Waals surface area contributed by atoms with Gasteiger partial charge >= 0.3 is 0 Å².